The van der Waals surface area contributed by atoms with E-state index < -0.39 is 10.0 Å². The van der Waals surface area contributed by atoms with Gasteiger partial charge in [-0.3, -0.25) is 9.78 Å². The number of anilines is 1. The second-order valence-electron chi connectivity index (χ2n) is 8.93. The second kappa shape index (κ2) is 11.6. The number of carbonyl (C=O) groups excluding carboxylic acids is 1. The highest BCUT2D eigenvalue weighted by Gasteiger charge is 2.31. The molecule has 0 spiro atoms. The van der Waals surface area contributed by atoms with E-state index in [4.69, 9.17) is 9.47 Å². The van der Waals surface area contributed by atoms with Crippen molar-refractivity contribution in [2.75, 3.05) is 18.4 Å². The van der Waals surface area contributed by atoms with Crippen molar-refractivity contribution < 1.29 is 22.7 Å². The van der Waals surface area contributed by atoms with E-state index in [1.54, 1.807) is 42.6 Å². The average molecular weight is 510 g/mol. The molecule has 9 heteroatoms. The van der Waals surface area contributed by atoms with Crippen LogP contribution in [0.25, 0.3) is 0 Å². The number of pyridine rings is 1. The monoisotopic (exact) mass is 509 g/mol. The molecule has 1 atom stereocenters. The van der Waals surface area contributed by atoms with Crippen molar-refractivity contribution in [2.45, 2.75) is 50.4 Å². The third-order valence-corrected chi connectivity index (χ3v) is 7.61. The summed E-state index contributed by atoms with van der Waals surface area (Å²) in [6.45, 7) is 4.88. The quantitative estimate of drug-likeness (QED) is 0.456. The van der Waals surface area contributed by atoms with Crippen LogP contribution in [0.5, 0.6) is 5.75 Å². The number of ether oxygens (including phenoxy) is 2. The number of sulfonamides is 1. The van der Waals surface area contributed by atoms with Crippen LogP contribution in [0.1, 0.15) is 42.7 Å². The molecule has 2 heterocycles. The zero-order valence-electron chi connectivity index (χ0n) is 20.5. The molecule has 1 N–H and O–H groups in total. The summed E-state index contributed by atoms with van der Waals surface area (Å²) in [5.41, 5.74) is 1.66. The summed E-state index contributed by atoms with van der Waals surface area (Å²) in [7, 11) is -3.78. The van der Waals surface area contributed by atoms with E-state index in [1.807, 2.05) is 32.0 Å². The Balaban J connectivity index is 1.41. The van der Waals surface area contributed by atoms with Gasteiger partial charge in [0.2, 0.25) is 10.0 Å². The van der Waals surface area contributed by atoms with Crippen LogP contribution >= 0.6 is 0 Å². The third-order valence-electron chi connectivity index (χ3n) is 5.75. The fourth-order valence-electron chi connectivity index (χ4n) is 3.99. The van der Waals surface area contributed by atoms with E-state index in [0.717, 1.165) is 12.1 Å². The van der Waals surface area contributed by atoms with Crippen LogP contribution in [0, 0.1) is 0 Å². The van der Waals surface area contributed by atoms with Gasteiger partial charge in [0.25, 0.3) is 5.91 Å². The number of hydrogen-bond acceptors (Lipinski definition) is 6. The first-order valence-corrected chi connectivity index (χ1v) is 13.4. The number of rotatable bonds is 9. The lowest BCUT2D eigenvalue weighted by Crippen LogP contribution is -2.43. The predicted molar refractivity (Wildman–Crippen MR) is 137 cm³/mol. The first-order valence-electron chi connectivity index (χ1n) is 12.0. The zero-order valence-corrected chi connectivity index (χ0v) is 21.3. The maximum absolute atomic E-state index is 13.4. The van der Waals surface area contributed by atoms with Gasteiger partial charge in [-0.15, -0.1) is 0 Å². The first-order chi connectivity index (χ1) is 17.3. The highest BCUT2D eigenvalue weighted by Crippen LogP contribution is 2.24. The van der Waals surface area contributed by atoms with Crippen LogP contribution in [0.2, 0.25) is 0 Å². The summed E-state index contributed by atoms with van der Waals surface area (Å²) in [5.74, 6) is 0.319. The molecular formula is C27H31N3O5S. The number of nitrogens with zero attached hydrogens (tertiary/aromatic N) is 2. The van der Waals surface area contributed by atoms with Gasteiger partial charge < -0.3 is 14.8 Å². The molecule has 0 saturated carbocycles. The molecule has 3 aromatic rings. The van der Waals surface area contributed by atoms with E-state index in [2.05, 4.69) is 10.3 Å². The van der Waals surface area contributed by atoms with E-state index in [-0.39, 0.29) is 35.1 Å². The normalized spacial score (nSPS) is 16.6. The molecule has 190 valence electrons. The molecule has 8 nitrogen and oxygen atoms in total. The highest BCUT2D eigenvalue weighted by molar-refractivity contribution is 7.89. The van der Waals surface area contributed by atoms with Gasteiger partial charge in [0.15, 0.2) is 0 Å². The van der Waals surface area contributed by atoms with Gasteiger partial charge in [0.05, 0.1) is 29.4 Å². The molecule has 36 heavy (non-hydrogen) atoms. The van der Waals surface area contributed by atoms with Crippen molar-refractivity contribution in [3.8, 4) is 5.75 Å². The Morgan fingerprint density at radius 1 is 1.11 bits per heavy atom. The topological polar surface area (TPSA) is 97.8 Å². The van der Waals surface area contributed by atoms with Crippen LogP contribution in [-0.4, -0.2) is 48.9 Å². The fraction of sp³-hybridized carbons (Fsp3) is 0.333. The van der Waals surface area contributed by atoms with Crippen LogP contribution in [0.4, 0.5) is 5.69 Å². The SMILES string of the molecule is CC(C)Oc1ccc(NC(=O)c2cccc(S(=O)(=O)N3CCCC(OCc4ccccn4)C3)c2)cc1. The number of nitrogens with one attached hydrogen (secondary N) is 1. The molecule has 1 aromatic heterocycles. The molecular weight excluding hydrogens is 478 g/mol. The Labute approximate surface area is 212 Å². The maximum atomic E-state index is 13.4. The van der Waals surface area contributed by atoms with Crippen LogP contribution in [-0.2, 0) is 21.4 Å². The summed E-state index contributed by atoms with van der Waals surface area (Å²) in [6.07, 6.45) is 3.02. The fourth-order valence-corrected chi connectivity index (χ4v) is 5.54. The molecule has 0 aliphatic carbocycles. The molecule has 1 fully saturated rings. The number of amides is 1. The van der Waals surface area contributed by atoms with Crippen LogP contribution in [0.15, 0.2) is 77.8 Å². The van der Waals surface area contributed by atoms with E-state index in [0.29, 0.717) is 31.0 Å². The smallest absolute Gasteiger partial charge is 0.255 e. The molecule has 1 amide bonds. The van der Waals surface area contributed by atoms with Crippen molar-refractivity contribution >= 4 is 21.6 Å². The molecule has 4 rings (SSSR count). The predicted octanol–water partition coefficient (Wildman–Crippen LogP) is 4.49. The summed E-state index contributed by atoms with van der Waals surface area (Å²) in [5, 5.41) is 2.81. The molecule has 1 aliphatic heterocycles. The Morgan fingerprint density at radius 2 is 1.92 bits per heavy atom. The lowest BCUT2D eigenvalue weighted by atomic mass is 10.1. The Kier molecular flexibility index (Phi) is 8.35. The zero-order chi connectivity index (χ0) is 25.5. The van der Waals surface area contributed by atoms with Gasteiger partial charge in [0.1, 0.15) is 5.75 Å². The molecule has 2 aromatic carbocycles. The van der Waals surface area contributed by atoms with Crippen molar-refractivity contribution in [3.05, 3.63) is 84.2 Å². The van der Waals surface area contributed by atoms with Gasteiger partial charge >= 0.3 is 0 Å². The lowest BCUT2D eigenvalue weighted by Gasteiger charge is -2.31. The number of hydrogen-bond donors (Lipinski definition) is 1. The van der Waals surface area contributed by atoms with E-state index in [9.17, 15) is 13.2 Å². The van der Waals surface area contributed by atoms with Crippen molar-refractivity contribution in [1.29, 1.82) is 0 Å². The number of piperidine rings is 1. The largest absolute Gasteiger partial charge is 0.491 e. The average Bonchev–Trinajstić information content (AvgIpc) is 2.89. The first kappa shape index (κ1) is 25.8. The second-order valence-corrected chi connectivity index (χ2v) is 10.9. The Hall–Kier alpha value is -3.27. The molecule has 1 saturated heterocycles. The van der Waals surface area contributed by atoms with E-state index in [1.165, 1.54) is 16.4 Å². The third kappa shape index (κ3) is 6.69. The van der Waals surface area contributed by atoms with Crippen molar-refractivity contribution in [1.82, 2.24) is 9.29 Å². The van der Waals surface area contributed by atoms with Crippen molar-refractivity contribution in [3.63, 3.8) is 0 Å². The minimum atomic E-state index is -3.78. The van der Waals surface area contributed by atoms with Crippen molar-refractivity contribution in [2.24, 2.45) is 0 Å². The van der Waals surface area contributed by atoms with E-state index >= 15 is 0 Å². The summed E-state index contributed by atoms with van der Waals surface area (Å²) in [4.78, 5) is 17.2. The molecule has 1 aliphatic rings. The summed E-state index contributed by atoms with van der Waals surface area (Å²) >= 11 is 0. The summed E-state index contributed by atoms with van der Waals surface area (Å²) in [6, 6.07) is 18.8. The van der Waals surface area contributed by atoms with Gasteiger partial charge in [-0.25, -0.2) is 8.42 Å². The number of aromatic nitrogens is 1. The highest BCUT2D eigenvalue weighted by atomic mass is 32.2. The van der Waals surface area contributed by atoms with Crippen LogP contribution in [0.3, 0.4) is 0 Å². The number of carbonyl (C=O) groups is 1. The minimum Gasteiger partial charge on any atom is -0.491 e. The molecule has 0 bridgehead atoms. The standard InChI is InChI=1S/C27H31N3O5S/c1-20(2)35-24-13-11-22(12-14-24)29-27(31)21-7-5-10-26(17-21)36(32,33)30-16-6-9-25(18-30)34-19-23-8-3-4-15-28-23/h3-5,7-8,10-15,17,20,25H,6,9,16,18-19H2,1-2H3,(H,29,31). The van der Waals surface area contributed by atoms with Crippen LogP contribution < -0.4 is 10.1 Å². The van der Waals surface area contributed by atoms with Gasteiger partial charge in [-0.2, -0.15) is 4.31 Å². The Bertz CT molecular complexity index is 1260. The molecule has 0 radical (unpaired) electrons. The molecule has 1 unspecified atom stereocenters. The number of benzene rings is 2. The lowest BCUT2D eigenvalue weighted by molar-refractivity contribution is 0.00665. The minimum absolute atomic E-state index is 0.0535. The van der Waals surface area contributed by atoms with Gasteiger partial charge in [-0.1, -0.05) is 12.1 Å². The maximum Gasteiger partial charge on any atom is 0.255 e. The Morgan fingerprint density at radius 3 is 2.64 bits per heavy atom. The van der Waals surface area contributed by atoms with Gasteiger partial charge in [-0.05, 0) is 81.3 Å². The van der Waals surface area contributed by atoms with Gasteiger partial charge in [0, 0.05) is 30.5 Å². The summed E-state index contributed by atoms with van der Waals surface area (Å²) < 4.78 is 39.8.